The number of hydrogen-bond acceptors (Lipinski definition) is 2. The number of likely N-dealkylation sites (N-methyl/N-ethyl adjacent to an activating group) is 2. The van der Waals surface area contributed by atoms with E-state index in [0.29, 0.717) is 6.42 Å². The number of rotatable bonds is 10. The van der Waals surface area contributed by atoms with E-state index in [1.165, 1.54) is 0 Å². The van der Waals surface area contributed by atoms with E-state index in [9.17, 15) is 4.79 Å². The van der Waals surface area contributed by atoms with Gasteiger partial charge in [0.1, 0.15) is 6.54 Å². The number of hydrogen-bond donors (Lipinski definition) is 1. The Kier molecular flexibility index (Phi) is 9.53. The summed E-state index contributed by atoms with van der Waals surface area (Å²) in [4.78, 5) is 14.0. The van der Waals surface area contributed by atoms with E-state index in [2.05, 4.69) is 33.2 Å². The van der Waals surface area contributed by atoms with Gasteiger partial charge in [-0.15, -0.1) is 0 Å². The standard InChI is InChI=1S/C15H31N2O2/c1-5-7-8-9-10-15(19)16(6-2)11-12-17(3,4)13-14-18/h7-8,18H,5-6,9-14H2,1-4H3/q+1/b8-7+. The van der Waals surface area contributed by atoms with Crippen molar-refractivity contribution in [3.63, 3.8) is 0 Å². The van der Waals surface area contributed by atoms with Crippen molar-refractivity contribution in [2.75, 3.05) is 46.9 Å². The number of aliphatic hydroxyl groups is 1. The van der Waals surface area contributed by atoms with E-state index < -0.39 is 0 Å². The molecular weight excluding hydrogens is 240 g/mol. The van der Waals surface area contributed by atoms with Crippen LogP contribution >= 0.6 is 0 Å². The van der Waals surface area contributed by atoms with Crippen LogP contribution in [0.2, 0.25) is 0 Å². The molecule has 0 aliphatic carbocycles. The molecule has 112 valence electrons. The molecule has 0 heterocycles. The largest absolute Gasteiger partial charge is 0.391 e. The Balaban J connectivity index is 4.12. The van der Waals surface area contributed by atoms with E-state index in [-0.39, 0.29) is 12.5 Å². The van der Waals surface area contributed by atoms with Gasteiger partial charge in [0.15, 0.2) is 0 Å². The van der Waals surface area contributed by atoms with Crippen molar-refractivity contribution in [3.05, 3.63) is 12.2 Å². The van der Waals surface area contributed by atoms with Crippen LogP contribution in [-0.2, 0) is 4.79 Å². The van der Waals surface area contributed by atoms with E-state index in [1.54, 1.807) is 0 Å². The molecule has 0 aromatic heterocycles. The number of aliphatic hydroxyl groups excluding tert-OH is 1. The molecule has 0 rings (SSSR count). The van der Waals surface area contributed by atoms with Gasteiger partial charge in [-0.3, -0.25) is 4.79 Å². The predicted molar refractivity (Wildman–Crippen MR) is 79.8 cm³/mol. The molecule has 0 spiro atoms. The minimum atomic E-state index is 0.189. The van der Waals surface area contributed by atoms with Crippen LogP contribution in [0.15, 0.2) is 12.2 Å². The lowest BCUT2D eigenvalue weighted by molar-refractivity contribution is -0.890. The second-order valence-electron chi connectivity index (χ2n) is 5.50. The number of carbonyl (C=O) groups is 1. The summed E-state index contributed by atoms with van der Waals surface area (Å²) in [5.74, 6) is 0.229. The molecule has 4 nitrogen and oxygen atoms in total. The van der Waals surface area contributed by atoms with Gasteiger partial charge in [0.25, 0.3) is 0 Å². The van der Waals surface area contributed by atoms with Gasteiger partial charge in [-0.1, -0.05) is 19.1 Å². The molecule has 0 saturated heterocycles. The summed E-state index contributed by atoms with van der Waals surface area (Å²) in [5, 5.41) is 9.00. The van der Waals surface area contributed by atoms with Crippen LogP contribution < -0.4 is 0 Å². The van der Waals surface area contributed by atoms with Crippen molar-refractivity contribution >= 4 is 5.91 Å². The van der Waals surface area contributed by atoms with E-state index >= 15 is 0 Å². The van der Waals surface area contributed by atoms with Gasteiger partial charge in [-0.05, 0) is 19.8 Å². The monoisotopic (exact) mass is 271 g/mol. The van der Waals surface area contributed by atoms with Crippen LogP contribution in [0.5, 0.6) is 0 Å². The SMILES string of the molecule is CC/C=C/CCC(=O)N(CC)CC[N+](C)(C)CCO. The Morgan fingerprint density at radius 1 is 1.21 bits per heavy atom. The Morgan fingerprint density at radius 2 is 1.89 bits per heavy atom. The lowest BCUT2D eigenvalue weighted by atomic mass is 10.2. The minimum Gasteiger partial charge on any atom is -0.391 e. The van der Waals surface area contributed by atoms with Gasteiger partial charge < -0.3 is 14.5 Å². The van der Waals surface area contributed by atoms with Crippen LogP contribution in [0, 0.1) is 0 Å². The number of amides is 1. The summed E-state index contributed by atoms with van der Waals surface area (Å²) in [5.41, 5.74) is 0. The molecule has 0 bridgehead atoms. The molecule has 1 amide bonds. The number of allylic oxidation sites excluding steroid dienone is 2. The summed E-state index contributed by atoms with van der Waals surface area (Å²) < 4.78 is 0.746. The van der Waals surface area contributed by atoms with Gasteiger partial charge in [-0.2, -0.15) is 0 Å². The third-order valence-electron chi connectivity index (χ3n) is 3.34. The summed E-state index contributed by atoms with van der Waals surface area (Å²) in [6.07, 6.45) is 6.64. The molecule has 4 heteroatoms. The first-order valence-electron chi connectivity index (χ1n) is 7.32. The van der Waals surface area contributed by atoms with Gasteiger partial charge >= 0.3 is 0 Å². The zero-order valence-corrected chi connectivity index (χ0v) is 13.1. The van der Waals surface area contributed by atoms with Crippen LogP contribution in [-0.4, -0.2) is 67.3 Å². The van der Waals surface area contributed by atoms with E-state index in [4.69, 9.17) is 5.11 Å². The second-order valence-corrected chi connectivity index (χ2v) is 5.50. The highest BCUT2D eigenvalue weighted by Gasteiger charge is 2.18. The Bertz CT molecular complexity index is 275. The maximum atomic E-state index is 12.0. The molecule has 0 aromatic carbocycles. The topological polar surface area (TPSA) is 40.5 Å². The van der Waals surface area contributed by atoms with Gasteiger partial charge in [0, 0.05) is 13.0 Å². The summed E-state index contributed by atoms with van der Waals surface area (Å²) in [6, 6.07) is 0. The first-order valence-corrected chi connectivity index (χ1v) is 7.32. The molecule has 0 aromatic rings. The van der Waals surface area contributed by atoms with Crippen LogP contribution in [0.3, 0.4) is 0 Å². The Morgan fingerprint density at radius 3 is 2.42 bits per heavy atom. The third-order valence-corrected chi connectivity index (χ3v) is 3.34. The summed E-state index contributed by atoms with van der Waals surface area (Å²) in [6.45, 7) is 7.43. The Labute approximate surface area is 118 Å². The smallest absolute Gasteiger partial charge is 0.223 e. The number of nitrogens with zero attached hydrogens (tertiary/aromatic N) is 2. The molecule has 19 heavy (non-hydrogen) atoms. The van der Waals surface area contributed by atoms with Crippen LogP contribution in [0.4, 0.5) is 0 Å². The molecule has 0 unspecified atom stereocenters. The fourth-order valence-corrected chi connectivity index (χ4v) is 1.88. The van der Waals surface area contributed by atoms with E-state index in [1.807, 2.05) is 11.8 Å². The summed E-state index contributed by atoms with van der Waals surface area (Å²) >= 11 is 0. The first kappa shape index (κ1) is 18.1. The number of carbonyl (C=O) groups excluding carboxylic acids is 1. The normalized spacial score (nSPS) is 12.1. The number of quaternary nitrogens is 1. The lowest BCUT2D eigenvalue weighted by Crippen LogP contribution is -2.48. The van der Waals surface area contributed by atoms with Crippen LogP contribution in [0.1, 0.15) is 33.1 Å². The minimum absolute atomic E-state index is 0.189. The van der Waals surface area contributed by atoms with Crippen LogP contribution in [0.25, 0.3) is 0 Å². The fraction of sp³-hybridized carbons (Fsp3) is 0.800. The average Bonchev–Trinajstić information content (AvgIpc) is 2.35. The van der Waals surface area contributed by atoms with Crippen molar-refractivity contribution in [1.82, 2.24) is 4.90 Å². The van der Waals surface area contributed by atoms with Crippen molar-refractivity contribution in [2.45, 2.75) is 33.1 Å². The van der Waals surface area contributed by atoms with Gasteiger partial charge in [-0.25, -0.2) is 0 Å². The predicted octanol–water partition coefficient (Wildman–Crippen LogP) is 1.65. The van der Waals surface area contributed by atoms with Crippen molar-refractivity contribution in [2.24, 2.45) is 0 Å². The van der Waals surface area contributed by atoms with E-state index in [0.717, 1.165) is 43.5 Å². The maximum Gasteiger partial charge on any atom is 0.223 e. The highest BCUT2D eigenvalue weighted by Crippen LogP contribution is 2.03. The average molecular weight is 271 g/mol. The quantitative estimate of drug-likeness (QED) is 0.485. The molecule has 0 atom stereocenters. The molecule has 0 aliphatic heterocycles. The zero-order chi connectivity index (χ0) is 14.7. The van der Waals surface area contributed by atoms with Gasteiger partial charge in [0.2, 0.25) is 5.91 Å². The third kappa shape index (κ3) is 8.78. The zero-order valence-electron chi connectivity index (χ0n) is 13.1. The van der Waals surface area contributed by atoms with Crippen molar-refractivity contribution < 1.29 is 14.4 Å². The summed E-state index contributed by atoms with van der Waals surface area (Å²) in [7, 11) is 4.16. The highest BCUT2D eigenvalue weighted by molar-refractivity contribution is 5.76. The molecule has 1 N–H and O–H groups in total. The molecule has 0 aliphatic rings. The first-order chi connectivity index (χ1) is 8.96. The van der Waals surface area contributed by atoms with Crippen molar-refractivity contribution in [3.8, 4) is 0 Å². The molecule has 0 radical (unpaired) electrons. The molecule has 0 fully saturated rings. The molecular formula is C15H31N2O2+. The fourth-order valence-electron chi connectivity index (χ4n) is 1.88. The van der Waals surface area contributed by atoms with Gasteiger partial charge in [0.05, 0.1) is 33.8 Å². The highest BCUT2D eigenvalue weighted by atomic mass is 16.3. The lowest BCUT2D eigenvalue weighted by Gasteiger charge is -2.31. The van der Waals surface area contributed by atoms with Crippen molar-refractivity contribution in [1.29, 1.82) is 0 Å². The molecule has 0 saturated carbocycles. The maximum absolute atomic E-state index is 12.0. The Hall–Kier alpha value is -0.870. The second kappa shape index (κ2) is 9.98.